The SMILES string of the molecule is CCCOCCC(N)c1ccnn1C. The van der Waals surface area contributed by atoms with Gasteiger partial charge in [0.2, 0.25) is 0 Å². The zero-order valence-corrected chi connectivity index (χ0v) is 8.94. The monoisotopic (exact) mass is 197 g/mol. The first-order valence-electron chi connectivity index (χ1n) is 5.07. The molecule has 1 aromatic rings. The molecule has 0 aromatic carbocycles. The van der Waals surface area contributed by atoms with Crippen molar-refractivity contribution in [2.45, 2.75) is 25.8 Å². The van der Waals surface area contributed by atoms with E-state index in [1.165, 1.54) is 0 Å². The lowest BCUT2D eigenvalue weighted by atomic mass is 10.1. The number of ether oxygens (including phenoxy) is 1. The molecule has 0 bridgehead atoms. The van der Waals surface area contributed by atoms with Crippen LogP contribution in [-0.2, 0) is 11.8 Å². The van der Waals surface area contributed by atoms with E-state index < -0.39 is 0 Å². The Morgan fingerprint density at radius 3 is 2.93 bits per heavy atom. The van der Waals surface area contributed by atoms with Crippen LogP contribution < -0.4 is 5.73 Å². The quantitative estimate of drug-likeness (QED) is 0.698. The summed E-state index contributed by atoms with van der Waals surface area (Å²) in [6.45, 7) is 3.64. The smallest absolute Gasteiger partial charge is 0.0548 e. The average molecular weight is 197 g/mol. The predicted octanol–water partition coefficient (Wildman–Crippen LogP) is 1.24. The van der Waals surface area contributed by atoms with Crippen LogP contribution in [0.25, 0.3) is 0 Å². The fourth-order valence-electron chi connectivity index (χ4n) is 1.35. The number of aryl methyl sites for hydroxylation is 1. The third-order valence-electron chi connectivity index (χ3n) is 2.16. The molecule has 0 fully saturated rings. The first-order chi connectivity index (χ1) is 6.75. The molecular weight excluding hydrogens is 178 g/mol. The Balaban J connectivity index is 2.28. The van der Waals surface area contributed by atoms with Crippen LogP contribution in [0, 0.1) is 0 Å². The number of rotatable bonds is 6. The Labute approximate surface area is 85.0 Å². The van der Waals surface area contributed by atoms with E-state index in [9.17, 15) is 0 Å². The molecule has 1 unspecified atom stereocenters. The van der Waals surface area contributed by atoms with Crippen LogP contribution in [0.3, 0.4) is 0 Å². The van der Waals surface area contributed by atoms with Crippen molar-refractivity contribution >= 4 is 0 Å². The van der Waals surface area contributed by atoms with Gasteiger partial charge in [0.1, 0.15) is 0 Å². The molecule has 4 nitrogen and oxygen atoms in total. The summed E-state index contributed by atoms with van der Waals surface area (Å²) in [5.74, 6) is 0. The van der Waals surface area contributed by atoms with Crippen molar-refractivity contribution in [1.82, 2.24) is 9.78 Å². The maximum absolute atomic E-state index is 5.98. The number of hydrogen-bond donors (Lipinski definition) is 1. The molecule has 1 rings (SSSR count). The fourth-order valence-corrected chi connectivity index (χ4v) is 1.35. The van der Waals surface area contributed by atoms with E-state index >= 15 is 0 Å². The van der Waals surface area contributed by atoms with Gasteiger partial charge in [-0.15, -0.1) is 0 Å². The van der Waals surface area contributed by atoms with Crippen LogP contribution in [0.5, 0.6) is 0 Å². The second-order valence-electron chi connectivity index (χ2n) is 3.39. The van der Waals surface area contributed by atoms with Gasteiger partial charge in [0, 0.05) is 32.5 Å². The molecule has 14 heavy (non-hydrogen) atoms. The minimum atomic E-state index is 0.0272. The van der Waals surface area contributed by atoms with E-state index in [0.717, 1.165) is 31.7 Å². The lowest BCUT2D eigenvalue weighted by Gasteiger charge is -2.11. The van der Waals surface area contributed by atoms with Gasteiger partial charge in [-0.05, 0) is 18.9 Å². The molecule has 0 aliphatic heterocycles. The van der Waals surface area contributed by atoms with Gasteiger partial charge in [-0.1, -0.05) is 6.92 Å². The van der Waals surface area contributed by atoms with Gasteiger partial charge in [0.25, 0.3) is 0 Å². The van der Waals surface area contributed by atoms with Crippen LogP contribution >= 0.6 is 0 Å². The Morgan fingerprint density at radius 1 is 1.57 bits per heavy atom. The highest BCUT2D eigenvalue weighted by Crippen LogP contribution is 2.11. The summed E-state index contributed by atoms with van der Waals surface area (Å²) in [7, 11) is 1.90. The van der Waals surface area contributed by atoms with Crippen molar-refractivity contribution in [2.24, 2.45) is 12.8 Å². The number of nitrogens with zero attached hydrogens (tertiary/aromatic N) is 2. The summed E-state index contributed by atoms with van der Waals surface area (Å²) in [6, 6.07) is 1.98. The van der Waals surface area contributed by atoms with Gasteiger partial charge in [0.05, 0.1) is 5.69 Å². The maximum atomic E-state index is 5.98. The third-order valence-corrected chi connectivity index (χ3v) is 2.16. The van der Waals surface area contributed by atoms with E-state index in [4.69, 9.17) is 10.5 Å². The summed E-state index contributed by atoms with van der Waals surface area (Å²) in [6.07, 6.45) is 3.67. The second-order valence-corrected chi connectivity index (χ2v) is 3.39. The van der Waals surface area contributed by atoms with E-state index in [1.54, 1.807) is 6.20 Å². The highest BCUT2D eigenvalue weighted by atomic mass is 16.5. The fraction of sp³-hybridized carbons (Fsp3) is 0.700. The van der Waals surface area contributed by atoms with Gasteiger partial charge < -0.3 is 10.5 Å². The first-order valence-corrected chi connectivity index (χ1v) is 5.07. The summed E-state index contributed by atoms with van der Waals surface area (Å²) in [5, 5.41) is 4.08. The normalized spacial score (nSPS) is 13.1. The van der Waals surface area contributed by atoms with Gasteiger partial charge >= 0.3 is 0 Å². The van der Waals surface area contributed by atoms with E-state index in [1.807, 2.05) is 17.8 Å². The largest absolute Gasteiger partial charge is 0.381 e. The lowest BCUT2D eigenvalue weighted by molar-refractivity contribution is 0.127. The predicted molar refractivity (Wildman–Crippen MR) is 55.9 cm³/mol. The summed E-state index contributed by atoms with van der Waals surface area (Å²) in [4.78, 5) is 0. The molecule has 2 N–H and O–H groups in total. The molecular formula is C10H19N3O. The van der Waals surface area contributed by atoms with Crippen LogP contribution in [0.2, 0.25) is 0 Å². The molecule has 1 atom stereocenters. The topological polar surface area (TPSA) is 53.1 Å². The molecule has 0 saturated carbocycles. The highest BCUT2D eigenvalue weighted by molar-refractivity contribution is 5.05. The van der Waals surface area contributed by atoms with Gasteiger partial charge in [-0.2, -0.15) is 5.10 Å². The maximum Gasteiger partial charge on any atom is 0.0548 e. The highest BCUT2D eigenvalue weighted by Gasteiger charge is 2.08. The number of aromatic nitrogens is 2. The molecule has 0 radical (unpaired) electrons. The van der Waals surface area contributed by atoms with Crippen molar-refractivity contribution in [2.75, 3.05) is 13.2 Å². The van der Waals surface area contributed by atoms with Crippen molar-refractivity contribution in [3.63, 3.8) is 0 Å². The van der Waals surface area contributed by atoms with Crippen molar-refractivity contribution in [3.05, 3.63) is 18.0 Å². The number of hydrogen-bond acceptors (Lipinski definition) is 3. The summed E-state index contributed by atoms with van der Waals surface area (Å²) < 4.78 is 7.19. The number of nitrogens with two attached hydrogens (primary N) is 1. The summed E-state index contributed by atoms with van der Waals surface area (Å²) in [5.41, 5.74) is 7.04. The molecule has 0 saturated heterocycles. The molecule has 0 aliphatic rings. The minimum absolute atomic E-state index is 0.0272. The zero-order chi connectivity index (χ0) is 10.4. The molecule has 1 aromatic heterocycles. The molecule has 1 heterocycles. The van der Waals surface area contributed by atoms with Crippen LogP contribution in [0.1, 0.15) is 31.5 Å². The second kappa shape index (κ2) is 5.78. The minimum Gasteiger partial charge on any atom is -0.381 e. The Kier molecular flexibility index (Phi) is 4.62. The first kappa shape index (κ1) is 11.2. The Hall–Kier alpha value is -0.870. The molecule has 0 amide bonds. The van der Waals surface area contributed by atoms with E-state index in [-0.39, 0.29) is 6.04 Å². The van der Waals surface area contributed by atoms with E-state index in [0.29, 0.717) is 0 Å². The molecule has 80 valence electrons. The summed E-state index contributed by atoms with van der Waals surface area (Å²) >= 11 is 0. The van der Waals surface area contributed by atoms with Crippen molar-refractivity contribution in [1.29, 1.82) is 0 Å². The third kappa shape index (κ3) is 3.12. The Bertz CT molecular complexity index is 260. The van der Waals surface area contributed by atoms with Crippen LogP contribution in [0.15, 0.2) is 12.3 Å². The molecule has 0 aliphatic carbocycles. The van der Waals surface area contributed by atoms with Gasteiger partial charge in [-0.3, -0.25) is 4.68 Å². The average Bonchev–Trinajstić information content (AvgIpc) is 2.59. The van der Waals surface area contributed by atoms with Gasteiger partial charge in [-0.25, -0.2) is 0 Å². The Morgan fingerprint density at radius 2 is 2.36 bits per heavy atom. The lowest BCUT2D eigenvalue weighted by Crippen LogP contribution is -2.16. The van der Waals surface area contributed by atoms with E-state index in [2.05, 4.69) is 12.0 Å². The van der Waals surface area contributed by atoms with Crippen molar-refractivity contribution < 1.29 is 4.74 Å². The zero-order valence-electron chi connectivity index (χ0n) is 8.94. The van der Waals surface area contributed by atoms with Gasteiger partial charge in [0.15, 0.2) is 0 Å². The van der Waals surface area contributed by atoms with Crippen LogP contribution in [-0.4, -0.2) is 23.0 Å². The molecule has 0 spiro atoms. The van der Waals surface area contributed by atoms with Crippen molar-refractivity contribution in [3.8, 4) is 0 Å². The van der Waals surface area contributed by atoms with Crippen LogP contribution in [0.4, 0.5) is 0 Å². The molecule has 4 heteroatoms. The standard InChI is InChI=1S/C10H19N3O/c1-3-7-14-8-5-9(11)10-4-6-12-13(10)2/h4,6,9H,3,5,7-8,11H2,1-2H3.